The number of aromatic nitrogens is 3. The van der Waals surface area contributed by atoms with Crippen LogP contribution in [0.25, 0.3) is 11.4 Å². The second-order valence-electron chi connectivity index (χ2n) is 9.35. The van der Waals surface area contributed by atoms with Crippen LogP contribution in [0.15, 0.2) is 48.7 Å². The van der Waals surface area contributed by atoms with Gasteiger partial charge >= 0.3 is 6.03 Å². The fourth-order valence-electron chi connectivity index (χ4n) is 3.71. The molecule has 1 atom stereocenters. The largest absolute Gasteiger partial charge is 0.377 e. The van der Waals surface area contributed by atoms with Crippen LogP contribution in [0, 0.1) is 5.82 Å². The lowest BCUT2D eigenvalue weighted by atomic mass is 10.1. The van der Waals surface area contributed by atoms with E-state index >= 15 is 0 Å². The summed E-state index contributed by atoms with van der Waals surface area (Å²) >= 11 is 0. The molecule has 0 saturated carbocycles. The summed E-state index contributed by atoms with van der Waals surface area (Å²) < 4.78 is 42.5. The standard InChI is InChI=1S/C25H29FN6O4S/c1-16-15-36-12-11-32(16)22-13-20(25(2,3)37(4,34)35)29-23(31-22)17-5-8-19(9-6-17)28-24(33)30-21-10-7-18(26)14-27-21/h5-10,13-14,16H,11-12,15H2,1-4H3,(H2,27,28,30,33)/t16-/m0/s1. The van der Waals surface area contributed by atoms with Gasteiger partial charge in [-0.1, -0.05) is 0 Å². The summed E-state index contributed by atoms with van der Waals surface area (Å²) in [5, 5.41) is 5.21. The minimum Gasteiger partial charge on any atom is -0.377 e. The maximum absolute atomic E-state index is 13.0. The Balaban J connectivity index is 1.62. The fraction of sp³-hybridized carbons (Fsp3) is 0.360. The third-order valence-electron chi connectivity index (χ3n) is 6.29. The summed E-state index contributed by atoms with van der Waals surface area (Å²) in [4.78, 5) is 27.5. The maximum atomic E-state index is 13.0. The second-order valence-corrected chi connectivity index (χ2v) is 11.9. The Kier molecular flexibility index (Phi) is 7.42. The predicted octanol–water partition coefficient (Wildman–Crippen LogP) is 3.83. The molecule has 0 spiro atoms. The molecule has 0 bridgehead atoms. The molecule has 37 heavy (non-hydrogen) atoms. The van der Waals surface area contributed by atoms with Crippen LogP contribution in [0.3, 0.4) is 0 Å². The Morgan fingerprint density at radius 2 is 1.86 bits per heavy atom. The van der Waals surface area contributed by atoms with E-state index in [1.807, 2.05) is 6.92 Å². The summed E-state index contributed by atoms with van der Waals surface area (Å²) in [6.07, 6.45) is 2.20. The molecule has 1 aliphatic rings. The van der Waals surface area contributed by atoms with E-state index in [-0.39, 0.29) is 11.9 Å². The molecular formula is C25H29FN6O4S. The minimum atomic E-state index is -3.48. The molecule has 3 aromatic rings. The van der Waals surface area contributed by atoms with Gasteiger partial charge in [0.2, 0.25) is 0 Å². The van der Waals surface area contributed by atoms with Gasteiger partial charge in [-0.05, 0) is 57.2 Å². The molecule has 2 amide bonds. The number of rotatable bonds is 6. The van der Waals surface area contributed by atoms with Crippen molar-refractivity contribution in [3.8, 4) is 11.4 Å². The van der Waals surface area contributed by atoms with Gasteiger partial charge in [-0.3, -0.25) is 5.32 Å². The molecule has 0 radical (unpaired) electrons. The first kappa shape index (κ1) is 26.4. The van der Waals surface area contributed by atoms with Crippen LogP contribution in [-0.2, 0) is 19.3 Å². The summed E-state index contributed by atoms with van der Waals surface area (Å²) in [7, 11) is -3.48. The van der Waals surface area contributed by atoms with Crippen LogP contribution in [0.4, 0.5) is 26.5 Å². The van der Waals surface area contributed by atoms with E-state index in [1.54, 1.807) is 44.2 Å². The van der Waals surface area contributed by atoms with Crippen LogP contribution in [0.2, 0.25) is 0 Å². The number of carbonyl (C=O) groups excluding carboxylic acids is 1. The number of urea groups is 1. The summed E-state index contributed by atoms with van der Waals surface area (Å²) in [6, 6.07) is 10.7. The third kappa shape index (κ3) is 6.03. The monoisotopic (exact) mass is 528 g/mol. The number of carbonyl (C=O) groups is 1. The van der Waals surface area contributed by atoms with Crippen LogP contribution in [0.1, 0.15) is 26.5 Å². The van der Waals surface area contributed by atoms with Gasteiger partial charge in [-0.15, -0.1) is 0 Å². The predicted molar refractivity (Wildman–Crippen MR) is 140 cm³/mol. The number of morpholine rings is 1. The molecule has 2 N–H and O–H groups in total. The number of sulfone groups is 1. The molecule has 1 fully saturated rings. The number of hydrogen-bond donors (Lipinski definition) is 2. The van der Waals surface area contributed by atoms with Crippen LogP contribution in [-0.4, -0.2) is 61.5 Å². The molecule has 1 aromatic carbocycles. The first-order valence-corrected chi connectivity index (χ1v) is 13.6. The van der Waals surface area contributed by atoms with E-state index in [0.29, 0.717) is 48.3 Å². The highest BCUT2D eigenvalue weighted by Crippen LogP contribution is 2.32. The van der Waals surface area contributed by atoms with E-state index in [9.17, 15) is 17.6 Å². The molecule has 0 aliphatic carbocycles. The van der Waals surface area contributed by atoms with Crippen molar-refractivity contribution in [2.75, 3.05) is 41.5 Å². The van der Waals surface area contributed by atoms with E-state index in [4.69, 9.17) is 9.72 Å². The summed E-state index contributed by atoms with van der Waals surface area (Å²) in [5.41, 5.74) is 1.54. The number of halogens is 1. The van der Waals surface area contributed by atoms with Crippen molar-refractivity contribution in [1.82, 2.24) is 15.0 Å². The molecule has 3 heterocycles. The number of ether oxygens (including phenoxy) is 1. The number of nitrogens with zero attached hydrogens (tertiary/aromatic N) is 4. The SMILES string of the molecule is C[C@H]1COCCN1c1cc(C(C)(C)S(C)(=O)=O)nc(-c2ccc(NC(=O)Nc3ccc(F)cn3)cc2)n1. The van der Waals surface area contributed by atoms with E-state index < -0.39 is 26.4 Å². The van der Waals surface area contributed by atoms with Gasteiger partial charge < -0.3 is 15.0 Å². The van der Waals surface area contributed by atoms with Crippen molar-refractivity contribution in [2.45, 2.75) is 31.6 Å². The number of pyridine rings is 1. The van der Waals surface area contributed by atoms with Crippen molar-refractivity contribution in [3.05, 3.63) is 60.2 Å². The highest BCUT2D eigenvalue weighted by atomic mass is 32.2. The van der Waals surface area contributed by atoms with Gasteiger partial charge in [0, 0.05) is 30.1 Å². The lowest BCUT2D eigenvalue weighted by molar-refractivity contribution is 0.0985. The van der Waals surface area contributed by atoms with Crippen LogP contribution in [0.5, 0.6) is 0 Å². The molecule has 1 aliphatic heterocycles. The first-order valence-electron chi connectivity index (χ1n) is 11.7. The number of hydrogen-bond acceptors (Lipinski definition) is 8. The van der Waals surface area contributed by atoms with Crippen molar-refractivity contribution in [1.29, 1.82) is 0 Å². The van der Waals surface area contributed by atoms with Gasteiger partial charge in [-0.2, -0.15) is 0 Å². The molecule has 10 nitrogen and oxygen atoms in total. The number of anilines is 3. The smallest absolute Gasteiger partial charge is 0.324 e. The zero-order valence-corrected chi connectivity index (χ0v) is 21.8. The van der Waals surface area contributed by atoms with E-state index in [1.165, 1.54) is 18.4 Å². The summed E-state index contributed by atoms with van der Waals surface area (Å²) in [6.45, 7) is 6.99. The molecule has 1 saturated heterocycles. The first-order chi connectivity index (χ1) is 17.4. The van der Waals surface area contributed by atoms with E-state index in [0.717, 1.165) is 6.20 Å². The Morgan fingerprint density at radius 1 is 1.14 bits per heavy atom. The van der Waals surface area contributed by atoms with Crippen molar-refractivity contribution >= 4 is 33.2 Å². The second kappa shape index (κ2) is 10.4. The Morgan fingerprint density at radius 3 is 2.49 bits per heavy atom. The van der Waals surface area contributed by atoms with Gasteiger partial charge in [-0.25, -0.2) is 32.6 Å². The highest BCUT2D eigenvalue weighted by Gasteiger charge is 2.35. The molecule has 2 aromatic heterocycles. The molecular weight excluding hydrogens is 499 g/mol. The number of nitrogens with one attached hydrogen (secondary N) is 2. The van der Waals surface area contributed by atoms with E-state index in [2.05, 4.69) is 25.5 Å². The average molecular weight is 529 g/mol. The summed E-state index contributed by atoms with van der Waals surface area (Å²) in [5.74, 6) is 0.702. The van der Waals surface area contributed by atoms with Crippen molar-refractivity contribution < 1.29 is 22.3 Å². The Labute approximate surface area is 215 Å². The number of amides is 2. The van der Waals surface area contributed by atoms with Crippen LogP contribution >= 0.6 is 0 Å². The quantitative estimate of drug-likeness (QED) is 0.494. The molecule has 4 rings (SSSR count). The lowest BCUT2D eigenvalue weighted by Crippen LogP contribution is -2.44. The maximum Gasteiger partial charge on any atom is 0.324 e. The van der Waals surface area contributed by atoms with Gasteiger partial charge in [0.1, 0.15) is 22.2 Å². The molecule has 196 valence electrons. The normalized spacial score (nSPS) is 16.4. The zero-order valence-electron chi connectivity index (χ0n) is 21.0. The van der Waals surface area contributed by atoms with Gasteiger partial charge in [0.15, 0.2) is 15.7 Å². The fourth-order valence-corrected chi connectivity index (χ4v) is 4.19. The highest BCUT2D eigenvalue weighted by molar-refractivity contribution is 7.91. The molecule has 12 heteroatoms. The van der Waals surface area contributed by atoms with Crippen LogP contribution < -0.4 is 15.5 Å². The Bertz CT molecular complexity index is 1380. The number of benzene rings is 1. The molecule has 0 unspecified atom stereocenters. The zero-order chi connectivity index (χ0) is 26.8. The van der Waals surface area contributed by atoms with Crippen molar-refractivity contribution in [3.63, 3.8) is 0 Å². The Hall–Kier alpha value is -3.64. The average Bonchev–Trinajstić information content (AvgIpc) is 2.85. The third-order valence-corrected chi connectivity index (χ3v) is 8.35. The minimum absolute atomic E-state index is 0.0615. The topological polar surface area (TPSA) is 126 Å². The lowest BCUT2D eigenvalue weighted by Gasteiger charge is -2.35. The van der Waals surface area contributed by atoms with Crippen molar-refractivity contribution in [2.24, 2.45) is 0 Å². The van der Waals surface area contributed by atoms with Gasteiger partial charge in [0.05, 0.1) is 31.1 Å². The van der Waals surface area contributed by atoms with Gasteiger partial charge in [0.25, 0.3) is 0 Å².